The molecule has 0 spiro atoms. The molecule has 0 saturated heterocycles. The third-order valence-corrected chi connectivity index (χ3v) is 4.01. The van der Waals surface area contributed by atoms with E-state index in [1.165, 1.54) is 14.2 Å². The highest BCUT2D eigenvalue weighted by Crippen LogP contribution is 2.34. The second kappa shape index (κ2) is 7.40. The Morgan fingerprint density at radius 1 is 1.19 bits per heavy atom. The summed E-state index contributed by atoms with van der Waals surface area (Å²) < 4.78 is 15.2. The molecule has 8 nitrogen and oxygen atoms in total. The number of esters is 2. The van der Waals surface area contributed by atoms with Gasteiger partial charge in [-0.1, -0.05) is 18.2 Å². The van der Waals surface area contributed by atoms with Gasteiger partial charge in [0.25, 0.3) is 0 Å². The Bertz CT molecular complexity index is 871. The summed E-state index contributed by atoms with van der Waals surface area (Å²) in [5.74, 6) is -1.27. The molecule has 8 heteroatoms. The van der Waals surface area contributed by atoms with Gasteiger partial charge in [-0.25, -0.2) is 9.59 Å². The number of nitrogens with zero attached hydrogens (tertiary/aromatic N) is 2. The van der Waals surface area contributed by atoms with Gasteiger partial charge < -0.3 is 19.1 Å². The molecule has 1 aliphatic heterocycles. The molecule has 1 aliphatic rings. The highest BCUT2D eigenvalue weighted by atomic mass is 16.5. The van der Waals surface area contributed by atoms with E-state index in [4.69, 9.17) is 14.2 Å². The van der Waals surface area contributed by atoms with Crippen LogP contribution in [-0.2, 0) is 23.8 Å². The third kappa shape index (κ3) is 3.18. The zero-order valence-corrected chi connectivity index (χ0v) is 14.7. The van der Waals surface area contributed by atoms with Crippen molar-refractivity contribution in [3.63, 3.8) is 0 Å². The van der Waals surface area contributed by atoms with Crippen molar-refractivity contribution in [1.29, 1.82) is 0 Å². The molecule has 0 atom stereocenters. The third-order valence-electron chi connectivity index (χ3n) is 4.01. The monoisotopic (exact) mass is 357 g/mol. The smallest absolute Gasteiger partial charge is 0.355 e. The number of carbonyl (C=O) groups is 2. The number of hydrogen-bond acceptors (Lipinski definition) is 7. The molecule has 0 bridgehead atoms. The topological polar surface area (TPSA) is 93.8 Å². The average molecular weight is 357 g/mol. The zero-order chi connectivity index (χ0) is 18.7. The summed E-state index contributed by atoms with van der Waals surface area (Å²) in [6, 6.07) is 9.31. The number of hydrogen-bond donors (Lipinski definition) is 1. The number of H-pyrrole nitrogens is 1. The van der Waals surface area contributed by atoms with E-state index in [1.807, 2.05) is 37.3 Å². The lowest BCUT2D eigenvalue weighted by Crippen LogP contribution is -2.39. The van der Waals surface area contributed by atoms with E-state index in [0.29, 0.717) is 11.4 Å². The predicted molar refractivity (Wildman–Crippen MR) is 93.1 cm³/mol. The Labute approximate surface area is 150 Å². The van der Waals surface area contributed by atoms with Crippen LogP contribution in [0.15, 0.2) is 41.6 Å². The fourth-order valence-electron chi connectivity index (χ4n) is 2.82. The first-order valence-corrected chi connectivity index (χ1v) is 7.93. The fourth-order valence-corrected chi connectivity index (χ4v) is 2.82. The van der Waals surface area contributed by atoms with Crippen molar-refractivity contribution in [2.75, 3.05) is 32.5 Å². The summed E-state index contributed by atoms with van der Waals surface area (Å²) in [5, 5.41) is 7.19. The first kappa shape index (κ1) is 17.7. The maximum atomic E-state index is 12.4. The number of aromatic amines is 1. The molecule has 136 valence electrons. The van der Waals surface area contributed by atoms with Crippen molar-refractivity contribution in [3.05, 3.63) is 47.3 Å². The van der Waals surface area contributed by atoms with Crippen molar-refractivity contribution in [3.8, 4) is 11.3 Å². The average Bonchev–Trinajstić information content (AvgIpc) is 3.12. The number of rotatable bonds is 4. The zero-order valence-electron chi connectivity index (χ0n) is 14.7. The number of aryl methyl sites for hydroxylation is 1. The van der Waals surface area contributed by atoms with Crippen molar-refractivity contribution < 1.29 is 23.8 Å². The van der Waals surface area contributed by atoms with Crippen LogP contribution < -0.4 is 4.90 Å². The van der Waals surface area contributed by atoms with Crippen LogP contribution in [0.2, 0.25) is 0 Å². The van der Waals surface area contributed by atoms with E-state index in [9.17, 15) is 9.59 Å². The first-order chi connectivity index (χ1) is 12.6. The van der Waals surface area contributed by atoms with E-state index in [2.05, 4.69) is 10.2 Å². The molecule has 1 aromatic carbocycles. The van der Waals surface area contributed by atoms with Gasteiger partial charge in [0, 0.05) is 11.3 Å². The maximum absolute atomic E-state index is 12.4. The lowest BCUT2D eigenvalue weighted by Gasteiger charge is -2.32. The molecule has 1 aromatic heterocycles. The van der Waals surface area contributed by atoms with Crippen molar-refractivity contribution in [1.82, 2.24) is 10.2 Å². The molecule has 0 radical (unpaired) electrons. The van der Waals surface area contributed by atoms with Crippen LogP contribution in [0.1, 0.15) is 5.69 Å². The van der Waals surface area contributed by atoms with Crippen LogP contribution >= 0.6 is 0 Å². The van der Waals surface area contributed by atoms with Crippen LogP contribution in [-0.4, -0.2) is 49.7 Å². The van der Waals surface area contributed by atoms with Gasteiger partial charge in [0.2, 0.25) is 0 Å². The number of ether oxygens (including phenoxy) is 3. The van der Waals surface area contributed by atoms with E-state index in [0.717, 1.165) is 11.3 Å². The van der Waals surface area contributed by atoms with E-state index in [-0.39, 0.29) is 24.6 Å². The summed E-state index contributed by atoms with van der Waals surface area (Å²) in [5.41, 5.74) is 3.29. The predicted octanol–water partition coefficient (Wildman–Crippen LogP) is 1.78. The second-order valence-electron chi connectivity index (χ2n) is 5.67. The molecule has 26 heavy (non-hydrogen) atoms. The molecule has 1 N–H and O–H groups in total. The Hall–Kier alpha value is -3.13. The van der Waals surface area contributed by atoms with Gasteiger partial charge in [-0.3, -0.25) is 5.10 Å². The van der Waals surface area contributed by atoms with Gasteiger partial charge in [0.1, 0.15) is 12.4 Å². The molecule has 0 unspecified atom stereocenters. The number of carbonyl (C=O) groups excluding carboxylic acids is 2. The Kier molecular flexibility index (Phi) is 5.04. The summed E-state index contributed by atoms with van der Waals surface area (Å²) in [7, 11) is 2.52. The molecular formula is C18H19N3O5. The highest BCUT2D eigenvalue weighted by Gasteiger charge is 2.33. The molecule has 0 fully saturated rings. The van der Waals surface area contributed by atoms with Gasteiger partial charge in [-0.15, -0.1) is 0 Å². The largest absolute Gasteiger partial charge is 0.466 e. The summed E-state index contributed by atoms with van der Waals surface area (Å²) in [6.07, 6.45) is 0. The van der Waals surface area contributed by atoms with Gasteiger partial charge in [0.15, 0.2) is 0 Å². The SMILES string of the molecule is COC(=O)C1=C(C(=O)OC)N(c2ccccc2-c2cc(C)[nH]n2)COC1. The molecule has 0 amide bonds. The molecule has 0 aliphatic carbocycles. The normalized spacial score (nSPS) is 14.3. The van der Waals surface area contributed by atoms with Crippen molar-refractivity contribution in [2.24, 2.45) is 0 Å². The quantitative estimate of drug-likeness (QED) is 0.834. The van der Waals surface area contributed by atoms with E-state index in [1.54, 1.807) is 4.90 Å². The summed E-state index contributed by atoms with van der Waals surface area (Å²) >= 11 is 0. The fraction of sp³-hybridized carbons (Fsp3) is 0.278. The number of nitrogens with one attached hydrogen (secondary N) is 1. The van der Waals surface area contributed by atoms with Crippen molar-refractivity contribution in [2.45, 2.75) is 6.92 Å². The Balaban J connectivity index is 2.16. The first-order valence-electron chi connectivity index (χ1n) is 7.93. The molecule has 2 aromatic rings. The minimum atomic E-state index is -0.637. The maximum Gasteiger partial charge on any atom is 0.355 e. The van der Waals surface area contributed by atoms with Crippen LogP contribution in [0.25, 0.3) is 11.3 Å². The number of anilines is 1. The number of benzene rings is 1. The number of aromatic nitrogens is 2. The minimum absolute atomic E-state index is 0.0305. The van der Waals surface area contributed by atoms with Gasteiger partial charge in [-0.2, -0.15) is 5.10 Å². The molecule has 0 saturated carbocycles. The van der Waals surface area contributed by atoms with E-state index >= 15 is 0 Å². The van der Waals surface area contributed by atoms with Gasteiger partial charge in [-0.05, 0) is 19.1 Å². The summed E-state index contributed by atoms with van der Waals surface area (Å²) in [6.45, 7) is 1.96. The molecule has 2 heterocycles. The summed E-state index contributed by atoms with van der Waals surface area (Å²) in [4.78, 5) is 26.1. The Morgan fingerprint density at radius 3 is 2.58 bits per heavy atom. The van der Waals surface area contributed by atoms with Crippen LogP contribution in [0.5, 0.6) is 0 Å². The number of methoxy groups -OCH3 is 2. The van der Waals surface area contributed by atoms with Crippen molar-refractivity contribution >= 4 is 17.6 Å². The molecular weight excluding hydrogens is 338 g/mol. The van der Waals surface area contributed by atoms with Crippen LogP contribution in [0.3, 0.4) is 0 Å². The Morgan fingerprint density at radius 2 is 1.92 bits per heavy atom. The lowest BCUT2D eigenvalue weighted by atomic mass is 10.1. The lowest BCUT2D eigenvalue weighted by molar-refractivity contribution is -0.140. The standard InChI is InChI=1S/C18H19N3O5/c1-11-8-14(20-19-11)12-6-4-5-7-15(12)21-10-26-9-13(17(22)24-2)16(21)18(23)25-3/h4-8H,9-10H2,1-3H3,(H,19,20). The second-order valence-corrected chi connectivity index (χ2v) is 5.67. The van der Waals surface area contributed by atoms with Gasteiger partial charge in [0.05, 0.1) is 37.8 Å². The van der Waals surface area contributed by atoms with Crippen LogP contribution in [0, 0.1) is 6.92 Å². The van der Waals surface area contributed by atoms with Gasteiger partial charge >= 0.3 is 11.9 Å². The highest BCUT2D eigenvalue weighted by molar-refractivity contribution is 6.04. The van der Waals surface area contributed by atoms with Crippen LogP contribution in [0.4, 0.5) is 5.69 Å². The molecule has 3 rings (SSSR count). The minimum Gasteiger partial charge on any atom is -0.466 e. The number of para-hydroxylation sites is 1. The van der Waals surface area contributed by atoms with E-state index < -0.39 is 11.9 Å².